The van der Waals surface area contributed by atoms with Crippen molar-refractivity contribution in [2.45, 2.75) is 30.5 Å². The molecule has 20 heavy (non-hydrogen) atoms. The van der Waals surface area contributed by atoms with Gasteiger partial charge in [-0.05, 0) is 24.3 Å². The van der Waals surface area contributed by atoms with Gasteiger partial charge in [0, 0.05) is 35.8 Å². The molecule has 3 atom stereocenters. The van der Waals surface area contributed by atoms with Crippen LogP contribution in [-0.2, 0) is 0 Å². The summed E-state index contributed by atoms with van der Waals surface area (Å²) in [7, 11) is 0. The molecule has 112 valence electrons. The van der Waals surface area contributed by atoms with Crippen molar-refractivity contribution in [1.29, 1.82) is 0 Å². The van der Waals surface area contributed by atoms with E-state index in [1.807, 2.05) is 23.9 Å². The molecule has 1 saturated heterocycles. The van der Waals surface area contributed by atoms with Crippen molar-refractivity contribution in [2.75, 3.05) is 32.0 Å². The van der Waals surface area contributed by atoms with Crippen molar-refractivity contribution < 1.29 is 9.84 Å². The largest absolute Gasteiger partial charge is 0.491 e. The zero-order chi connectivity index (χ0) is 14.5. The van der Waals surface area contributed by atoms with Crippen LogP contribution in [0.25, 0.3) is 0 Å². The van der Waals surface area contributed by atoms with Gasteiger partial charge in [-0.15, -0.1) is 0 Å². The number of ether oxygens (including phenoxy) is 1. The maximum Gasteiger partial charge on any atom is 0.119 e. The van der Waals surface area contributed by atoms with Gasteiger partial charge in [0.1, 0.15) is 18.5 Å². The molecule has 0 amide bonds. The number of anilines is 1. The van der Waals surface area contributed by atoms with E-state index in [-0.39, 0.29) is 0 Å². The molecular formula is C15H24N2O2S. The molecule has 1 heterocycles. The molecule has 1 fully saturated rings. The lowest BCUT2D eigenvalue weighted by molar-refractivity contribution is 0.0677. The highest BCUT2D eigenvalue weighted by molar-refractivity contribution is 8.00. The van der Waals surface area contributed by atoms with Crippen LogP contribution in [0.2, 0.25) is 0 Å². The van der Waals surface area contributed by atoms with E-state index in [2.05, 4.69) is 18.7 Å². The van der Waals surface area contributed by atoms with Gasteiger partial charge in [0.15, 0.2) is 0 Å². The number of rotatable bonds is 5. The third-order valence-electron chi connectivity index (χ3n) is 3.29. The molecule has 0 aliphatic carbocycles. The van der Waals surface area contributed by atoms with E-state index in [4.69, 9.17) is 10.5 Å². The number of aliphatic hydroxyl groups excluding tert-OH is 1. The molecule has 5 heteroatoms. The Morgan fingerprint density at radius 3 is 2.50 bits per heavy atom. The zero-order valence-corrected chi connectivity index (χ0v) is 13.0. The highest BCUT2D eigenvalue weighted by atomic mass is 32.2. The van der Waals surface area contributed by atoms with E-state index in [0.717, 1.165) is 18.8 Å². The molecular weight excluding hydrogens is 272 g/mol. The van der Waals surface area contributed by atoms with Gasteiger partial charge < -0.3 is 15.6 Å². The van der Waals surface area contributed by atoms with Crippen molar-refractivity contribution in [3.63, 3.8) is 0 Å². The molecule has 1 aliphatic heterocycles. The Bertz CT molecular complexity index is 403. The van der Waals surface area contributed by atoms with E-state index < -0.39 is 6.10 Å². The average molecular weight is 296 g/mol. The molecule has 0 saturated carbocycles. The third kappa shape index (κ3) is 4.89. The number of hydrogen-bond acceptors (Lipinski definition) is 5. The van der Waals surface area contributed by atoms with E-state index >= 15 is 0 Å². The molecule has 0 radical (unpaired) electrons. The van der Waals surface area contributed by atoms with Crippen LogP contribution in [0.15, 0.2) is 24.3 Å². The molecule has 0 aromatic heterocycles. The number of nitrogens with two attached hydrogens (primary N) is 1. The topological polar surface area (TPSA) is 58.7 Å². The van der Waals surface area contributed by atoms with Gasteiger partial charge in [-0.3, -0.25) is 4.90 Å². The first-order valence-corrected chi connectivity index (χ1v) is 8.01. The lowest BCUT2D eigenvalue weighted by atomic mass is 10.2. The number of β-amino-alcohol motifs (C(OH)–C–C–N with tert-alkyl or cyclic N) is 1. The average Bonchev–Trinajstić information content (AvgIpc) is 2.37. The van der Waals surface area contributed by atoms with Crippen LogP contribution in [0.5, 0.6) is 5.75 Å². The predicted octanol–water partition coefficient (Wildman–Crippen LogP) is 1.83. The Labute approximate surface area is 125 Å². The maximum atomic E-state index is 10.1. The Hall–Kier alpha value is -0.910. The van der Waals surface area contributed by atoms with Gasteiger partial charge >= 0.3 is 0 Å². The molecule has 3 unspecified atom stereocenters. The molecule has 2 rings (SSSR count). The number of nitrogen functional groups attached to an aromatic ring is 1. The molecule has 1 aromatic carbocycles. The van der Waals surface area contributed by atoms with Gasteiger partial charge in [0.25, 0.3) is 0 Å². The summed E-state index contributed by atoms with van der Waals surface area (Å²) in [4.78, 5) is 2.32. The number of nitrogens with zero attached hydrogens (tertiary/aromatic N) is 1. The lowest BCUT2D eigenvalue weighted by Crippen LogP contribution is -2.45. The fraction of sp³-hybridized carbons (Fsp3) is 0.600. The Morgan fingerprint density at radius 2 is 1.90 bits per heavy atom. The first kappa shape index (κ1) is 15.5. The van der Waals surface area contributed by atoms with E-state index in [1.165, 1.54) is 0 Å². The summed E-state index contributed by atoms with van der Waals surface area (Å²) in [6.07, 6.45) is -0.463. The first-order valence-electron chi connectivity index (χ1n) is 7.07. The number of aliphatic hydroxyl groups is 1. The van der Waals surface area contributed by atoms with Gasteiger partial charge in [0.2, 0.25) is 0 Å². The van der Waals surface area contributed by atoms with Crippen LogP contribution < -0.4 is 10.5 Å². The summed E-state index contributed by atoms with van der Waals surface area (Å²) >= 11 is 2.02. The van der Waals surface area contributed by atoms with Crippen LogP contribution in [-0.4, -0.2) is 52.9 Å². The minimum Gasteiger partial charge on any atom is -0.491 e. The summed E-state index contributed by atoms with van der Waals surface area (Å²) in [5.74, 6) is 0.745. The van der Waals surface area contributed by atoms with Crippen LogP contribution in [0, 0.1) is 0 Å². The lowest BCUT2D eigenvalue weighted by Gasteiger charge is -2.35. The van der Waals surface area contributed by atoms with E-state index in [9.17, 15) is 5.11 Å². The SMILES string of the molecule is CC1CN(CC(O)COc2ccc(N)cc2)CC(C)S1. The second kappa shape index (κ2) is 7.20. The zero-order valence-electron chi connectivity index (χ0n) is 12.2. The summed E-state index contributed by atoms with van der Waals surface area (Å²) in [6.45, 7) is 7.54. The monoisotopic (exact) mass is 296 g/mol. The number of thioether (sulfide) groups is 1. The quantitative estimate of drug-likeness (QED) is 0.812. The minimum absolute atomic E-state index is 0.316. The van der Waals surface area contributed by atoms with Crippen LogP contribution in [0.4, 0.5) is 5.69 Å². The van der Waals surface area contributed by atoms with Crippen LogP contribution >= 0.6 is 11.8 Å². The number of hydrogen-bond donors (Lipinski definition) is 2. The Balaban J connectivity index is 1.74. The second-order valence-corrected chi connectivity index (χ2v) is 7.39. The summed E-state index contributed by atoms with van der Waals surface area (Å²) in [5.41, 5.74) is 6.33. The first-order chi connectivity index (χ1) is 9.52. The highest BCUT2D eigenvalue weighted by Gasteiger charge is 2.23. The van der Waals surface area contributed by atoms with Gasteiger partial charge in [-0.1, -0.05) is 13.8 Å². The summed E-state index contributed by atoms with van der Waals surface area (Å²) < 4.78 is 5.58. The van der Waals surface area contributed by atoms with Crippen molar-refractivity contribution >= 4 is 17.4 Å². The molecule has 0 bridgehead atoms. The van der Waals surface area contributed by atoms with Gasteiger partial charge in [0.05, 0.1) is 0 Å². The van der Waals surface area contributed by atoms with Crippen molar-refractivity contribution in [3.05, 3.63) is 24.3 Å². The maximum absolute atomic E-state index is 10.1. The molecule has 1 aromatic rings. The van der Waals surface area contributed by atoms with Crippen LogP contribution in [0.1, 0.15) is 13.8 Å². The Morgan fingerprint density at radius 1 is 1.30 bits per heavy atom. The predicted molar refractivity (Wildman–Crippen MR) is 85.3 cm³/mol. The smallest absolute Gasteiger partial charge is 0.119 e. The fourth-order valence-corrected chi connectivity index (χ4v) is 3.93. The normalized spacial score (nSPS) is 25.4. The molecule has 4 nitrogen and oxygen atoms in total. The van der Waals surface area contributed by atoms with Crippen LogP contribution in [0.3, 0.4) is 0 Å². The van der Waals surface area contributed by atoms with E-state index in [1.54, 1.807) is 12.1 Å². The van der Waals surface area contributed by atoms with Gasteiger partial charge in [-0.2, -0.15) is 11.8 Å². The van der Waals surface area contributed by atoms with E-state index in [0.29, 0.717) is 29.3 Å². The standard InChI is InChI=1S/C15H24N2O2S/c1-11-7-17(8-12(2)20-11)9-14(18)10-19-15-5-3-13(16)4-6-15/h3-6,11-12,14,18H,7-10,16H2,1-2H3. The molecule has 3 N–H and O–H groups in total. The minimum atomic E-state index is -0.463. The van der Waals surface area contributed by atoms with Crippen molar-refractivity contribution in [1.82, 2.24) is 4.90 Å². The third-order valence-corrected chi connectivity index (χ3v) is 4.51. The molecule has 1 aliphatic rings. The van der Waals surface area contributed by atoms with Crippen molar-refractivity contribution in [3.8, 4) is 5.75 Å². The second-order valence-electron chi connectivity index (χ2n) is 5.51. The van der Waals surface area contributed by atoms with Gasteiger partial charge in [-0.25, -0.2) is 0 Å². The van der Waals surface area contributed by atoms with Crippen molar-refractivity contribution in [2.24, 2.45) is 0 Å². The summed E-state index contributed by atoms with van der Waals surface area (Å²) in [6, 6.07) is 7.24. The molecule has 0 spiro atoms. The fourth-order valence-electron chi connectivity index (χ4n) is 2.54. The Kier molecular flexibility index (Phi) is 5.57. The number of benzene rings is 1. The summed E-state index contributed by atoms with van der Waals surface area (Å²) in [5, 5.41) is 11.3. The highest BCUT2D eigenvalue weighted by Crippen LogP contribution is 2.24.